The fourth-order valence-electron chi connectivity index (χ4n) is 2.17. The minimum absolute atomic E-state index is 0.190. The molecule has 0 bridgehead atoms. The molecule has 5 nitrogen and oxygen atoms in total. The largest absolute Gasteiger partial charge is 0.481 e. The molecule has 0 amide bonds. The van der Waals surface area contributed by atoms with E-state index in [0.29, 0.717) is 6.42 Å². The van der Waals surface area contributed by atoms with Gasteiger partial charge >= 0.3 is 11.9 Å². The maximum Gasteiger partial charge on any atom is 0.321 e. The molecule has 0 aromatic carbocycles. The van der Waals surface area contributed by atoms with Crippen LogP contribution >= 0.6 is 12.6 Å². The van der Waals surface area contributed by atoms with E-state index in [2.05, 4.69) is 43.9 Å². The van der Waals surface area contributed by atoms with Crippen molar-refractivity contribution in [3.05, 3.63) is 24.3 Å². The Hall–Kier alpha value is -1.27. The van der Waals surface area contributed by atoms with Gasteiger partial charge in [-0.3, -0.25) is 9.59 Å². The predicted molar refractivity (Wildman–Crippen MR) is 116 cm³/mol. The fraction of sp³-hybridized carbons (Fsp3) is 0.714. The Morgan fingerprint density at radius 2 is 1.41 bits per heavy atom. The monoisotopic (exact) mass is 401 g/mol. The number of nitrogens with two attached hydrogens (primary N) is 1. The normalized spacial score (nSPS) is 12.1. The lowest BCUT2D eigenvalue weighted by atomic mass is 10.1. The molecule has 0 aliphatic carbocycles. The summed E-state index contributed by atoms with van der Waals surface area (Å²) in [7, 11) is 0. The van der Waals surface area contributed by atoms with Gasteiger partial charge in [0.2, 0.25) is 0 Å². The van der Waals surface area contributed by atoms with E-state index in [-0.39, 0.29) is 5.75 Å². The summed E-state index contributed by atoms with van der Waals surface area (Å²) in [5, 5.41) is 16.5. The number of aliphatic carboxylic acids is 2. The van der Waals surface area contributed by atoms with Crippen molar-refractivity contribution in [1.29, 1.82) is 0 Å². The van der Waals surface area contributed by atoms with Crippen molar-refractivity contribution < 1.29 is 19.8 Å². The van der Waals surface area contributed by atoms with Gasteiger partial charge in [-0.05, 0) is 38.5 Å². The topological polar surface area (TPSA) is 101 Å². The molecule has 1 unspecified atom stereocenters. The Morgan fingerprint density at radius 1 is 0.889 bits per heavy atom. The van der Waals surface area contributed by atoms with Gasteiger partial charge in [0.05, 0.1) is 0 Å². The van der Waals surface area contributed by atoms with Crippen LogP contribution in [0.3, 0.4) is 0 Å². The maximum absolute atomic E-state index is 10.3. The molecule has 4 N–H and O–H groups in total. The van der Waals surface area contributed by atoms with Crippen molar-refractivity contribution in [1.82, 2.24) is 0 Å². The van der Waals surface area contributed by atoms with Gasteiger partial charge in [0.1, 0.15) is 6.04 Å². The van der Waals surface area contributed by atoms with E-state index >= 15 is 0 Å². The summed E-state index contributed by atoms with van der Waals surface area (Å²) in [6, 6.07) is -0.816. The highest BCUT2D eigenvalue weighted by Crippen LogP contribution is 2.08. The first-order valence-electron chi connectivity index (χ1n) is 10.1. The molecule has 6 heteroatoms. The minimum atomic E-state index is -1.00. The lowest BCUT2D eigenvalue weighted by Crippen LogP contribution is -2.31. The average Bonchev–Trinajstić information content (AvgIpc) is 2.64. The van der Waals surface area contributed by atoms with Crippen molar-refractivity contribution >= 4 is 24.6 Å². The minimum Gasteiger partial charge on any atom is -0.481 e. The van der Waals surface area contributed by atoms with Gasteiger partial charge in [-0.25, -0.2) is 0 Å². The smallest absolute Gasteiger partial charge is 0.321 e. The van der Waals surface area contributed by atoms with E-state index in [1.54, 1.807) is 0 Å². The summed E-state index contributed by atoms with van der Waals surface area (Å²) in [6.07, 6.45) is 22.3. The van der Waals surface area contributed by atoms with Crippen molar-refractivity contribution in [3.8, 4) is 0 Å². The van der Waals surface area contributed by atoms with Crippen LogP contribution in [0.2, 0.25) is 0 Å². The van der Waals surface area contributed by atoms with Gasteiger partial charge < -0.3 is 15.9 Å². The van der Waals surface area contributed by atoms with Crippen LogP contribution in [-0.2, 0) is 9.59 Å². The lowest BCUT2D eigenvalue weighted by molar-refractivity contribution is -0.138. The predicted octanol–water partition coefficient (Wildman–Crippen LogP) is 5.21. The van der Waals surface area contributed by atoms with E-state index < -0.39 is 18.0 Å². The van der Waals surface area contributed by atoms with Crippen LogP contribution in [0.1, 0.15) is 84.0 Å². The Morgan fingerprint density at radius 3 is 1.85 bits per heavy atom. The molecule has 0 aliphatic rings. The van der Waals surface area contributed by atoms with Crippen LogP contribution < -0.4 is 5.73 Å². The van der Waals surface area contributed by atoms with Crippen LogP contribution in [0, 0.1) is 0 Å². The molecule has 158 valence electrons. The second kappa shape index (κ2) is 22.8. The quantitative estimate of drug-likeness (QED) is 0.161. The van der Waals surface area contributed by atoms with Crippen molar-refractivity contribution in [2.24, 2.45) is 5.73 Å². The summed E-state index contributed by atoms with van der Waals surface area (Å²) in [4.78, 5) is 20.1. The number of unbranched alkanes of at least 4 members (excludes halogenated alkanes) is 8. The van der Waals surface area contributed by atoms with Gasteiger partial charge in [-0.15, -0.1) is 0 Å². The van der Waals surface area contributed by atoms with Crippen LogP contribution in [0.15, 0.2) is 24.3 Å². The first-order chi connectivity index (χ1) is 13.0. The number of thiol groups is 1. The van der Waals surface area contributed by atoms with Crippen LogP contribution in [0.4, 0.5) is 0 Å². The number of carboxylic acid groups (broad SMARTS) is 2. The summed E-state index contributed by atoms with van der Waals surface area (Å²) in [5.74, 6) is -1.49. The Kier molecular flexibility index (Phi) is 23.6. The van der Waals surface area contributed by atoms with Gasteiger partial charge in [-0.1, -0.05) is 63.3 Å². The first-order valence-corrected chi connectivity index (χ1v) is 10.7. The molecule has 1 atom stereocenters. The van der Waals surface area contributed by atoms with E-state index in [9.17, 15) is 9.59 Å². The molecule has 0 heterocycles. The molecule has 0 fully saturated rings. The summed E-state index contributed by atoms with van der Waals surface area (Å²) in [5.41, 5.74) is 4.94. The second-order valence-corrected chi connectivity index (χ2v) is 6.87. The molecule has 0 saturated heterocycles. The van der Waals surface area contributed by atoms with Gasteiger partial charge in [0.25, 0.3) is 0 Å². The number of allylic oxidation sites excluding steroid dienone is 4. The SMILES string of the molecule is CCCCC/C=C\C/C=C\CCCCCCCC(=O)O.NC(CS)C(=O)O. The molecule has 0 aliphatic heterocycles. The van der Waals surface area contributed by atoms with Crippen LogP contribution in [-0.4, -0.2) is 33.9 Å². The zero-order valence-corrected chi connectivity index (χ0v) is 17.7. The van der Waals surface area contributed by atoms with Crippen molar-refractivity contribution in [2.75, 3.05) is 5.75 Å². The third-order valence-corrected chi connectivity index (χ3v) is 4.25. The Bertz CT molecular complexity index is 411. The highest BCUT2D eigenvalue weighted by molar-refractivity contribution is 7.80. The molecular formula is C21H39NO4S. The summed E-state index contributed by atoms with van der Waals surface area (Å²) in [6.45, 7) is 2.23. The highest BCUT2D eigenvalue weighted by atomic mass is 32.1. The van der Waals surface area contributed by atoms with E-state index in [4.69, 9.17) is 15.9 Å². The molecule has 0 aromatic rings. The van der Waals surface area contributed by atoms with Gasteiger partial charge in [0, 0.05) is 12.2 Å². The number of hydrogen-bond acceptors (Lipinski definition) is 4. The van der Waals surface area contributed by atoms with Gasteiger partial charge in [0.15, 0.2) is 0 Å². The second-order valence-electron chi connectivity index (χ2n) is 6.50. The van der Waals surface area contributed by atoms with E-state index in [1.807, 2.05) is 0 Å². The summed E-state index contributed by atoms with van der Waals surface area (Å²) >= 11 is 3.65. The number of carbonyl (C=O) groups is 2. The number of carboxylic acids is 2. The van der Waals surface area contributed by atoms with Crippen LogP contribution in [0.5, 0.6) is 0 Å². The van der Waals surface area contributed by atoms with Gasteiger partial charge in [-0.2, -0.15) is 12.6 Å². The molecule has 0 saturated carbocycles. The summed E-state index contributed by atoms with van der Waals surface area (Å²) < 4.78 is 0. The maximum atomic E-state index is 10.3. The molecular weight excluding hydrogens is 362 g/mol. The third-order valence-electron chi connectivity index (χ3n) is 3.86. The zero-order valence-electron chi connectivity index (χ0n) is 16.8. The average molecular weight is 402 g/mol. The molecule has 0 spiro atoms. The fourth-order valence-corrected chi connectivity index (χ4v) is 2.32. The zero-order chi connectivity index (χ0) is 20.8. The standard InChI is InChI=1S/C18H32O2.C3H7NO2S/c1-2-3-4-5-6-7-8-9-10-11-12-13-14-15-16-17-18(19)20;4-2(1-7)3(5)6/h6-7,9-10H,2-5,8,11-17H2,1H3,(H,19,20);2,7H,1,4H2,(H,5,6)/b7-6-,10-9-;. The Labute approximate surface area is 170 Å². The van der Waals surface area contributed by atoms with Crippen molar-refractivity contribution in [3.63, 3.8) is 0 Å². The molecule has 0 rings (SSSR count). The molecule has 0 radical (unpaired) electrons. The number of rotatable bonds is 16. The van der Waals surface area contributed by atoms with Crippen LogP contribution in [0.25, 0.3) is 0 Å². The molecule has 0 aromatic heterocycles. The van der Waals surface area contributed by atoms with E-state index in [1.165, 1.54) is 44.9 Å². The first kappa shape index (κ1) is 27.9. The number of hydrogen-bond donors (Lipinski definition) is 4. The Balaban J connectivity index is 0. The third kappa shape index (κ3) is 27.1. The lowest BCUT2D eigenvalue weighted by Gasteiger charge is -1.98. The van der Waals surface area contributed by atoms with E-state index in [0.717, 1.165) is 25.7 Å². The van der Waals surface area contributed by atoms with Crippen molar-refractivity contribution in [2.45, 2.75) is 90.0 Å². The molecule has 27 heavy (non-hydrogen) atoms. The highest BCUT2D eigenvalue weighted by Gasteiger charge is 2.06.